The molecule has 134 valence electrons. The van der Waals surface area contributed by atoms with E-state index in [0.717, 1.165) is 22.2 Å². The fourth-order valence-electron chi connectivity index (χ4n) is 2.63. The van der Waals surface area contributed by atoms with Crippen LogP contribution in [0.4, 0.5) is 5.69 Å². The second-order valence-electron chi connectivity index (χ2n) is 6.07. The van der Waals surface area contributed by atoms with Crippen molar-refractivity contribution in [2.45, 2.75) is 20.3 Å². The van der Waals surface area contributed by atoms with Gasteiger partial charge in [0.25, 0.3) is 5.91 Å². The number of nitrogens with zero attached hydrogens (tertiary/aromatic N) is 1. The average Bonchev–Trinajstić information content (AvgIpc) is 3.02. The number of fused-ring (bicyclic) bond motifs is 1. The standard InChI is InChI=1S/C19H20N4O3/c1-12-7-8-15(13(2)9-12)20-11-19(25)22-21-18(24)10-16-14-5-3-4-6-17(14)26-23-16/h3-9,20H,10-11H2,1-2H3,(H,21,24)(H,22,25). The molecule has 7 nitrogen and oxygen atoms in total. The number of benzene rings is 2. The summed E-state index contributed by atoms with van der Waals surface area (Å²) in [6.07, 6.45) is 0.0157. The number of hydrogen-bond acceptors (Lipinski definition) is 5. The fourth-order valence-corrected chi connectivity index (χ4v) is 2.63. The molecule has 0 spiro atoms. The van der Waals surface area contributed by atoms with Crippen molar-refractivity contribution in [3.63, 3.8) is 0 Å². The van der Waals surface area contributed by atoms with Crippen molar-refractivity contribution in [1.82, 2.24) is 16.0 Å². The molecule has 0 bridgehead atoms. The molecule has 0 aliphatic carbocycles. The van der Waals surface area contributed by atoms with Crippen molar-refractivity contribution in [3.05, 3.63) is 59.3 Å². The SMILES string of the molecule is Cc1ccc(NCC(=O)NNC(=O)Cc2noc3ccccc23)c(C)c1. The van der Waals surface area contributed by atoms with E-state index in [4.69, 9.17) is 4.52 Å². The van der Waals surface area contributed by atoms with Gasteiger partial charge in [0, 0.05) is 11.1 Å². The Balaban J connectivity index is 1.47. The monoisotopic (exact) mass is 352 g/mol. The highest BCUT2D eigenvalue weighted by Crippen LogP contribution is 2.18. The Morgan fingerprint density at radius 2 is 1.81 bits per heavy atom. The lowest BCUT2D eigenvalue weighted by Crippen LogP contribution is -2.44. The van der Waals surface area contributed by atoms with E-state index in [-0.39, 0.29) is 24.8 Å². The van der Waals surface area contributed by atoms with Crippen LogP contribution in [0.5, 0.6) is 0 Å². The highest BCUT2D eigenvalue weighted by atomic mass is 16.5. The predicted molar refractivity (Wildman–Crippen MR) is 98.4 cm³/mol. The Morgan fingerprint density at radius 3 is 2.62 bits per heavy atom. The van der Waals surface area contributed by atoms with Gasteiger partial charge in [0.1, 0.15) is 5.69 Å². The summed E-state index contributed by atoms with van der Waals surface area (Å²) in [6.45, 7) is 4.03. The average molecular weight is 352 g/mol. The minimum absolute atomic E-state index is 0.0157. The second kappa shape index (κ2) is 7.69. The van der Waals surface area contributed by atoms with E-state index in [2.05, 4.69) is 21.3 Å². The molecule has 3 N–H and O–H groups in total. The maximum atomic E-state index is 12.0. The Bertz CT molecular complexity index is 949. The van der Waals surface area contributed by atoms with Crippen LogP contribution in [0.15, 0.2) is 47.0 Å². The number of carbonyl (C=O) groups is 2. The van der Waals surface area contributed by atoms with Gasteiger partial charge in [-0.25, -0.2) is 0 Å². The van der Waals surface area contributed by atoms with Gasteiger partial charge in [-0.2, -0.15) is 0 Å². The lowest BCUT2D eigenvalue weighted by atomic mass is 10.1. The van der Waals surface area contributed by atoms with Crippen LogP contribution in [0.3, 0.4) is 0 Å². The molecule has 0 atom stereocenters. The number of hydrogen-bond donors (Lipinski definition) is 3. The predicted octanol–water partition coefficient (Wildman–Crippen LogP) is 2.25. The van der Waals surface area contributed by atoms with Crippen LogP contribution < -0.4 is 16.2 Å². The Labute approximate surface area is 150 Å². The summed E-state index contributed by atoms with van der Waals surface area (Å²) in [5.41, 5.74) is 9.01. The Hall–Kier alpha value is -3.35. The molecular formula is C19H20N4O3. The third kappa shape index (κ3) is 4.18. The zero-order valence-electron chi connectivity index (χ0n) is 14.6. The number of amides is 2. The zero-order valence-corrected chi connectivity index (χ0v) is 14.6. The van der Waals surface area contributed by atoms with Crippen LogP contribution in [0, 0.1) is 13.8 Å². The molecule has 1 aromatic heterocycles. The molecule has 2 aromatic carbocycles. The molecule has 2 amide bonds. The first kappa shape index (κ1) is 17.5. The molecule has 26 heavy (non-hydrogen) atoms. The number of nitrogens with one attached hydrogen (secondary N) is 3. The first-order valence-electron chi connectivity index (χ1n) is 8.25. The quantitative estimate of drug-likeness (QED) is 0.612. The smallest absolute Gasteiger partial charge is 0.257 e. The van der Waals surface area contributed by atoms with Gasteiger partial charge >= 0.3 is 0 Å². The largest absolute Gasteiger partial charge is 0.376 e. The second-order valence-corrected chi connectivity index (χ2v) is 6.07. The van der Waals surface area contributed by atoms with E-state index in [0.29, 0.717) is 11.3 Å². The van der Waals surface area contributed by atoms with Crippen LogP contribution in [0.25, 0.3) is 11.0 Å². The molecule has 3 aromatic rings. The Morgan fingerprint density at radius 1 is 1.04 bits per heavy atom. The highest BCUT2D eigenvalue weighted by Gasteiger charge is 2.12. The first-order chi connectivity index (χ1) is 12.5. The van der Waals surface area contributed by atoms with Crippen molar-refractivity contribution in [3.8, 4) is 0 Å². The number of rotatable bonds is 5. The zero-order chi connectivity index (χ0) is 18.5. The minimum Gasteiger partial charge on any atom is -0.376 e. The number of anilines is 1. The van der Waals surface area contributed by atoms with Crippen LogP contribution in [-0.2, 0) is 16.0 Å². The van der Waals surface area contributed by atoms with Crippen LogP contribution in [-0.4, -0.2) is 23.5 Å². The number of para-hydroxylation sites is 1. The van der Waals surface area contributed by atoms with E-state index in [1.54, 1.807) is 6.07 Å². The molecule has 0 unspecified atom stereocenters. The Kier molecular flexibility index (Phi) is 5.17. The summed E-state index contributed by atoms with van der Waals surface area (Å²) in [5, 5.41) is 7.72. The molecule has 0 radical (unpaired) electrons. The summed E-state index contributed by atoms with van der Waals surface area (Å²) in [5.74, 6) is -0.716. The van der Waals surface area contributed by atoms with Gasteiger partial charge in [-0.05, 0) is 37.6 Å². The van der Waals surface area contributed by atoms with E-state index in [9.17, 15) is 9.59 Å². The van der Waals surface area contributed by atoms with Gasteiger partial charge in [0.2, 0.25) is 5.91 Å². The number of carbonyl (C=O) groups excluding carboxylic acids is 2. The van der Waals surface area contributed by atoms with Crippen molar-refractivity contribution in [1.29, 1.82) is 0 Å². The normalized spacial score (nSPS) is 10.5. The molecular weight excluding hydrogens is 332 g/mol. The van der Waals surface area contributed by atoms with Gasteiger partial charge in [-0.3, -0.25) is 20.4 Å². The topological polar surface area (TPSA) is 96.3 Å². The van der Waals surface area contributed by atoms with Crippen molar-refractivity contribution >= 4 is 28.5 Å². The molecule has 0 aliphatic rings. The maximum Gasteiger partial charge on any atom is 0.257 e. The lowest BCUT2D eigenvalue weighted by Gasteiger charge is -2.11. The van der Waals surface area contributed by atoms with Crippen molar-refractivity contribution in [2.24, 2.45) is 0 Å². The third-order valence-corrected chi connectivity index (χ3v) is 3.94. The van der Waals surface area contributed by atoms with Crippen molar-refractivity contribution < 1.29 is 14.1 Å². The first-order valence-corrected chi connectivity index (χ1v) is 8.25. The van der Waals surface area contributed by atoms with Crippen LogP contribution >= 0.6 is 0 Å². The summed E-state index contributed by atoms with van der Waals surface area (Å²) in [7, 11) is 0. The molecule has 0 fully saturated rings. The third-order valence-electron chi connectivity index (χ3n) is 3.94. The van der Waals surface area contributed by atoms with E-state index < -0.39 is 0 Å². The molecule has 3 rings (SSSR count). The molecule has 0 saturated heterocycles. The molecule has 1 heterocycles. The fraction of sp³-hybridized carbons (Fsp3) is 0.211. The number of hydrazine groups is 1. The highest BCUT2D eigenvalue weighted by molar-refractivity contribution is 5.88. The molecule has 7 heteroatoms. The minimum atomic E-state index is -0.371. The van der Waals surface area contributed by atoms with Gasteiger partial charge < -0.3 is 9.84 Å². The van der Waals surface area contributed by atoms with E-state index in [1.807, 2.05) is 50.2 Å². The number of aryl methyl sites for hydroxylation is 2. The number of aromatic nitrogens is 1. The van der Waals surface area contributed by atoms with E-state index in [1.165, 1.54) is 0 Å². The maximum absolute atomic E-state index is 12.0. The van der Waals surface area contributed by atoms with Gasteiger partial charge in [-0.1, -0.05) is 35.0 Å². The molecule has 0 saturated carbocycles. The van der Waals surface area contributed by atoms with Crippen LogP contribution in [0.1, 0.15) is 16.8 Å². The van der Waals surface area contributed by atoms with Gasteiger partial charge in [0.15, 0.2) is 5.58 Å². The van der Waals surface area contributed by atoms with Crippen molar-refractivity contribution in [2.75, 3.05) is 11.9 Å². The summed E-state index contributed by atoms with van der Waals surface area (Å²) >= 11 is 0. The summed E-state index contributed by atoms with van der Waals surface area (Å²) < 4.78 is 5.16. The lowest BCUT2D eigenvalue weighted by molar-refractivity contribution is -0.127. The van der Waals surface area contributed by atoms with Crippen LogP contribution in [0.2, 0.25) is 0 Å². The summed E-state index contributed by atoms with van der Waals surface area (Å²) in [4.78, 5) is 23.9. The summed E-state index contributed by atoms with van der Waals surface area (Å²) in [6, 6.07) is 13.2. The van der Waals surface area contributed by atoms with Gasteiger partial charge in [0.05, 0.1) is 13.0 Å². The van der Waals surface area contributed by atoms with Gasteiger partial charge in [-0.15, -0.1) is 0 Å². The molecule has 0 aliphatic heterocycles. The van der Waals surface area contributed by atoms with E-state index >= 15 is 0 Å².